The molecule has 1 aliphatic rings. The summed E-state index contributed by atoms with van der Waals surface area (Å²) in [6, 6.07) is -0.255. The molecule has 1 N–H and O–H groups in total. The third-order valence-corrected chi connectivity index (χ3v) is 3.85. The van der Waals surface area contributed by atoms with Crippen LogP contribution in [0.1, 0.15) is 47.5 Å². The lowest BCUT2D eigenvalue weighted by atomic mass is 9.96. The molecule has 1 heterocycles. The average molecular weight is 301 g/mol. The van der Waals surface area contributed by atoms with Gasteiger partial charge in [0.2, 0.25) is 0 Å². The molecular formula is C15H27NO5. The lowest BCUT2D eigenvalue weighted by Gasteiger charge is -2.36. The minimum atomic E-state index is -0.925. The quantitative estimate of drug-likeness (QED) is 0.863. The van der Waals surface area contributed by atoms with Gasteiger partial charge in [0.05, 0.1) is 18.1 Å². The van der Waals surface area contributed by atoms with Gasteiger partial charge < -0.3 is 14.6 Å². The molecule has 1 saturated heterocycles. The minimum Gasteiger partial charge on any atom is -0.481 e. The van der Waals surface area contributed by atoms with Crippen LogP contribution in [0.2, 0.25) is 0 Å². The zero-order chi connectivity index (χ0) is 16.4. The monoisotopic (exact) mass is 301 g/mol. The van der Waals surface area contributed by atoms with E-state index in [2.05, 4.69) is 0 Å². The summed E-state index contributed by atoms with van der Waals surface area (Å²) < 4.78 is 10.8. The standard InChI is InChI=1S/C15H27NO5/c1-9-7-8-11(12(20-6)10(2)13(17)18)16(9)14(19)21-15(3,4)5/h9-12H,7-8H2,1-6H3,(H,17,18)/t9-,10+,11-,12?/m0/s1. The molecule has 0 saturated carbocycles. The Kier molecular flexibility index (Phi) is 5.61. The van der Waals surface area contributed by atoms with Gasteiger partial charge in [0.1, 0.15) is 5.60 Å². The van der Waals surface area contributed by atoms with E-state index >= 15 is 0 Å². The van der Waals surface area contributed by atoms with Crippen LogP contribution in [0, 0.1) is 5.92 Å². The minimum absolute atomic E-state index is 0.0171. The molecule has 0 bridgehead atoms. The Morgan fingerprint density at radius 1 is 1.29 bits per heavy atom. The summed E-state index contributed by atoms with van der Waals surface area (Å²) in [6.07, 6.45) is 0.587. The number of rotatable bonds is 4. The number of aliphatic carboxylic acids is 1. The molecule has 1 fully saturated rings. The highest BCUT2D eigenvalue weighted by Crippen LogP contribution is 2.31. The van der Waals surface area contributed by atoms with Gasteiger partial charge in [0.25, 0.3) is 0 Å². The van der Waals surface area contributed by atoms with Crippen molar-refractivity contribution in [1.82, 2.24) is 4.90 Å². The summed E-state index contributed by atoms with van der Waals surface area (Å²) in [4.78, 5) is 25.3. The topological polar surface area (TPSA) is 76.1 Å². The molecule has 122 valence electrons. The average Bonchev–Trinajstić information content (AvgIpc) is 2.69. The molecule has 6 heteroatoms. The number of carboxylic acid groups (broad SMARTS) is 1. The van der Waals surface area contributed by atoms with E-state index in [1.54, 1.807) is 11.8 Å². The van der Waals surface area contributed by atoms with Crippen molar-refractivity contribution < 1.29 is 24.2 Å². The predicted octanol–water partition coefficient (Wildman–Crippen LogP) is 2.51. The maximum Gasteiger partial charge on any atom is 0.410 e. The van der Waals surface area contributed by atoms with Crippen molar-refractivity contribution in [3.63, 3.8) is 0 Å². The fraction of sp³-hybridized carbons (Fsp3) is 0.867. The van der Waals surface area contributed by atoms with E-state index in [0.717, 1.165) is 12.8 Å². The van der Waals surface area contributed by atoms with Crippen LogP contribution in [0.15, 0.2) is 0 Å². The first-order chi connectivity index (χ1) is 9.58. The van der Waals surface area contributed by atoms with Crippen LogP contribution in [-0.4, -0.2) is 53.0 Å². The van der Waals surface area contributed by atoms with Crippen LogP contribution in [0.3, 0.4) is 0 Å². The number of hydrogen-bond acceptors (Lipinski definition) is 4. The number of amides is 1. The van der Waals surface area contributed by atoms with Gasteiger partial charge in [-0.25, -0.2) is 4.79 Å². The van der Waals surface area contributed by atoms with E-state index in [-0.39, 0.29) is 12.1 Å². The predicted molar refractivity (Wildman–Crippen MR) is 78.2 cm³/mol. The molecule has 1 rings (SSSR count). The molecule has 6 nitrogen and oxygen atoms in total. The van der Waals surface area contributed by atoms with Gasteiger partial charge in [-0.3, -0.25) is 9.69 Å². The molecule has 4 atom stereocenters. The maximum absolute atomic E-state index is 12.4. The Morgan fingerprint density at radius 2 is 1.86 bits per heavy atom. The first kappa shape index (κ1) is 17.8. The number of carboxylic acids is 1. The van der Waals surface area contributed by atoms with Crippen molar-refractivity contribution in [3.8, 4) is 0 Å². The summed E-state index contributed by atoms with van der Waals surface area (Å²) in [5.41, 5.74) is -0.578. The molecule has 0 radical (unpaired) electrons. The second kappa shape index (κ2) is 6.64. The number of hydrogen-bond donors (Lipinski definition) is 1. The molecule has 0 aromatic carbocycles. The van der Waals surface area contributed by atoms with Crippen molar-refractivity contribution >= 4 is 12.1 Å². The molecule has 0 aliphatic carbocycles. The number of ether oxygens (including phenoxy) is 2. The van der Waals surface area contributed by atoms with Crippen molar-refractivity contribution in [2.24, 2.45) is 5.92 Å². The van der Waals surface area contributed by atoms with Crippen molar-refractivity contribution in [1.29, 1.82) is 0 Å². The summed E-state index contributed by atoms with van der Waals surface area (Å²) in [5, 5.41) is 9.21. The van der Waals surface area contributed by atoms with Crippen LogP contribution < -0.4 is 0 Å². The fourth-order valence-corrected chi connectivity index (χ4v) is 2.80. The molecule has 0 aromatic heterocycles. The van der Waals surface area contributed by atoms with Crippen molar-refractivity contribution in [2.45, 2.75) is 71.2 Å². The Labute approximate surface area is 126 Å². The third kappa shape index (κ3) is 4.33. The number of carbonyl (C=O) groups is 2. The van der Waals surface area contributed by atoms with Crippen molar-refractivity contribution in [2.75, 3.05) is 7.11 Å². The van der Waals surface area contributed by atoms with E-state index in [9.17, 15) is 14.7 Å². The molecule has 0 aromatic rings. The largest absolute Gasteiger partial charge is 0.481 e. The molecular weight excluding hydrogens is 274 g/mol. The second-order valence-corrected chi connectivity index (χ2v) is 6.71. The first-order valence-electron chi connectivity index (χ1n) is 7.35. The first-order valence-corrected chi connectivity index (χ1v) is 7.35. The number of carbonyl (C=O) groups excluding carboxylic acids is 1. The molecule has 1 aliphatic heterocycles. The molecule has 21 heavy (non-hydrogen) atoms. The van der Waals surface area contributed by atoms with Gasteiger partial charge >= 0.3 is 12.1 Å². The highest BCUT2D eigenvalue weighted by atomic mass is 16.6. The van der Waals surface area contributed by atoms with E-state index in [4.69, 9.17) is 9.47 Å². The fourth-order valence-electron chi connectivity index (χ4n) is 2.80. The number of likely N-dealkylation sites (tertiary alicyclic amines) is 1. The Balaban J connectivity index is 2.94. The van der Waals surface area contributed by atoms with Gasteiger partial charge in [-0.15, -0.1) is 0 Å². The van der Waals surface area contributed by atoms with Gasteiger partial charge in [-0.1, -0.05) is 0 Å². The lowest BCUT2D eigenvalue weighted by molar-refractivity contribution is -0.147. The molecule has 1 amide bonds. The summed E-state index contributed by atoms with van der Waals surface area (Å²) >= 11 is 0. The van der Waals surface area contributed by atoms with Crippen LogP contribution in [0.5, 0.6) is 0 Å². The van der Waals surface area contributed by atoms with Gasteiger partial charge in [-0.2, -0.15) is 0 Å². The van der Waals surface area contributed by atoms with Crippen LogP contribution in [0.4, 0.5) is 4.79 Å². The van der Waals surface area contributed by atoms with Gasteiger partial charge in [0, 0.05) is 13.2 Å². The Hall–Kier alpha value is -1.30. The van der Waals surface area contributed by atoms with E-state index in [1.807, 2.05) is 27.7 Å². The SMILES string of the molecule is COC([C@@H](C)C(=O)O)[C@@H]1CC[C@H](C)N1C(=O)OC(C)(C)C. The number of methoxy groups -OCH3 is 1. The van der Waals surface area contributed by atoms with E-state index in [1.165, 1.54) is 7.11 Å². The smallest absolute Gasteiger partial charge is 0.410 e. The third-order valence-electron chi connectivity index (χ3n) is 3.85. The van der Waals surface area contributed by atoms with Gasteiger partial charge in [-0.05, 0) is 47.5 Å². The molecule has 1 unspecified atom stereocenters. The van der Waals surface area contributed by atoms with Crippen LogP contribution in [0.25, 0.3) is 0 Å². The molecule has 0 spiro atoms. The Morgan fingerprint density at radius 3 is 2.29 bits per heavy atom. The van der Waals surface area contributed by atoms with Crippen LogP contribution in [-0.2, 0) is 14.3 Å². The van der Waals surface area contributed by atoms with E-state index in [0.29, 0.717) is 0 Å². The number of nitrogens with zero attached hydrogens (tertiary/aromatic N) is 1. The normalized spacial score (nSPS) is 25.5. The van der Waals surface area contributed by atoms with Gasteiger partial charge in [0.15, 0.2) is 0 Å². The summed E-state index contributed by atoms with van der Waals surface area (Å²) in [6.45, 7) is 8.99. The Bertz CT molecular complexity index is 390. The zero-order valence-electron chi connectivity index (χ0n) is 13.8. The zero-order valence-corrected chi connectivity index (χ0v) is 13.8. The van der Waals surface area contributed by atoms with Crippen LogP contribution >= 0.6 is 0 Å². The summed E-state index contributed by atoms with van der Waals surface area (Å²) in [5.74, 6) is -1.61. The highest BCUT2D eigenvalue weighted by Gasteiger charge is 2.44. The maximum atomic E-state index is 12.4. The lowest BCUT2D eigenvalue weighted by Crippen LogP contribution is -2.51. The van der Waals surface area contributed by atoms with E-state index < -0.39 is 29.7 Å². The highest BCUT2D eigenvalue weighted by molar-refractivity contribution is 5.72. The second-order valence-electron chi connectivity index (χ2n) is 6.71. The summed E-state index contributed by atoms with van der Waals surface area (Å²) in [7, 11) is 1.49. The van der Waals surface area contributed by atoms with Crippen molar-refractivity contribution in [3.05, 3.63) is 0 Å².